The minimum atomic E-state index is -3.76. The van der Waals surface area contributed by atoms with Gasteiger partial charge in [-0.2, -0.15) is 9.57 Å². The topological polar surface area (TPSA) is 81.4 Å². The highest BCUT2D eigenvalue weighted by Gasteiger charge is 2.51. The third-order valence-electron chi connectivity index (χ3n) is 6.04. The zero-order valence-corrected chi connectivity index (χ0v) is 16.8. The van der Waals surface area contributed by atoms with Crippen LogP contribution in [0.2, 0.25) is 5.02 Å². The van der Waals surface area contributed by atoms with Gasteiger partial charge in [0.15, 0.2) is 0 Å². The lowest BCUT2D eigenvalue weighted by molar-refractivity contribution is 0.114. The molecular formula is C21H21ClN2O3S. The fourth-order valence-corrected chi connectivity index (χ4v) is 6.37. The summed E-state index contributed by atoms with van der Waals surface area (Å²) in [6, 6.07) is 15.0. The lowest BCUT2D eigenvalue weighted by Gasteiger charge is -2.33. The lowest BCUT2D eigenvalue weighted by atomic mass is 9.95. The predicted octanol–water partition coefficient (Wildman–Crippen LogP) is 3.56. The molecule has 0 heterocycles. The molecule has 2 fully saturated rings. The van der Waals surface area contributed by atoms with Gasteiger partial charge in [-0.3, -0.25) is 0 Å². The summed E-state index contributed by atoms with van der Waals surface area (Å²) >= 11 is 5.93. The number of aliphatic hydroxyl groups is 1. The van der Waals surface area contributed by atoms with Crippen molar-refractivity contribution >= 4 is 21.6 Å². The number of halogens is 1. The zero-order valence-electron chi connectivity index (χ0n) is 15.2. The highest BCUT2D eigenvalue weighted by molar-refractivity contribution is 7.89. The molecule has 5 nitrogen and oxygen atoms in total. The molecule has 2 aliphatic rings. The van der Waals surface area contributed by atoms with Crippen LogP contribution >= 0.6 is 11.6 Å². The van der Waals surface area contributed by atoms with Gasteiger partial charge in [-0.25, -0.2) is 8.42 Å². The Bertz CT molecular complexity index is 999. The molecule has 0 aliphatic heterocycles. The van der Waals surface area contributed by atoms with Gasteiger partial charge in [0.1, 0.15) is 0 Å². The van der Waals surface area contributed by atoms with E-state index in [1.165, 1.54) is 16.4 Å². The Morgan fingerprint density at radius 1 is 1.11 bits per heavy atom. The van der Waals surface area contributed by atoms with E-state index < -0.39 is 16.1 Å². The van der Waals surface area contributed by atoms with Gasteiger partial charge in [0, 0.05) is 23.5 Å². The first-order valence-electron chi connectivity index (χ1n) is 9.34. The molecule has 146 valence electrons. The van der Waals surface area contributed by atoms with Crippen molar-refractivity contribution in [1.29, 1.82) is 5.26 Å². The van der Waals surface area contributed by atoms with E-state index >= 15 is 0 Å². The number of benzene rings is 2. The molecule has 0 aromatic heterocycles. The molecule has 1 N–H and O–H groups in total. The van der Waals surface area contributed by atoms with Crippen LogP contribution in [0.5, 0.6) is 0 Å². The molecule has 2 aromatic carbocycles. The van der Waals surface area contributed by atoms with E-state index in [1.807, 2.05) is 0 Å². The normalized spacial score (nSPS) is 26.5. The van der Waals surface area contributed by atoms with Gasteiger partial charge < -0.3 is 5.11 Å². The van der Waals surface area contributed by atoms with Crippen LogP contribution in [-0.4, -0.2) is 30.0 Å². The van der Waals surface area contributed by atoms with Crippen LogP contribution in [0.15, 0.2) is 53.4 Å². The van der Waals surface area contributed by atoms with E-state index in [0.717, 1.165) is 18.4 Å². The second kappa shape index (κ2) is 7.49. The molecule has 0 saturated heterocycles. The van der Waals surface area contributed by atoms with Crippen LogP contribution in [-0.2, 0) is 16.6 Å². The molecule has 2 aliphatic carbocycles. The SMILES string of the molecule is N#Cc1ccc(CN(C2CC3CCC2C3O)S(=O)(=O)c2ccc(Cl)cc2)cc1. The molecule has 0 amide bonds. The van der Waals surface area contributed by atoms with Crippen molar-refractivity contribution in [3.63, 3.8) is 0 Å². The number of nitriles is 1. The maximum atomic E-state index is 13.5. The number of sulfonamides is 1. The molecule has 0 radical (unpaired) electrons. The lowest BCUT2D eigenvalue weighted by Crippen LogP contribution is -2.43. The smallest absolute Gasteiger partial charge is 0.243 e. The molecule has 2 aromatic rings. The molecule has 2 bridgehead atoms. The summed E-state index contributed by atoms with van der Waals surface area (Å²) in [4.78, 5) is 0.197. The van der Waals surface area contributed by atoms with E-state index in [0.29, 0.717) is 17.0 Å². The third kappa shape index (κ3) is 3.44. The Morgan fingerprint density at radius 3 is 2.32 bits per heavy atom. The van der Waals surface area contributed by atoms with Crippen LogP contribution in [0.3, 0.4) is 0 Å². The van der Waals surface area contributed by atoms with Gasteiger partial charge in [0.25, 0.3) is 0 Å². The summed E-state index contributed by atoms with van der Waals surface area (Å²) in [5, 5.41) is 19.9. The van der Waals surface area contributed by atoms with Crippen molar-refractivity contribution in [3.8, 4) is 6.07 Å². The summed E-state index contributed by atoms with van der Waals surface area (Å²) in [5.74, 6) is 0.129. The predicted molar refractivity (Wildman–Crippen MR) is 106 cm³/mol. The summed E-state index contributed by atoms with van der Waals surface area (Å²) in [7, 11) is -3.76. The minimum Gasteiger partial charge on any atom is -0.392 e. The number of nitrogens with zero attached hydrogens (tertiary/aromatic N) is 2. The number of fused-ring (bicyclic) bond motifs is 2. The minimum absolute atomic E-state index is 0.0366. The van der Waals surface area contributed by atoms with Gasteiger partial charge >= 0.3 is 0 Å². The van der Waals surface area contributed by atoms with Crippen LogP contribution in [0.1, 0.15) is 30.4 Å². The van der Waals surface area contributed by atoms with Gasteiger partial charge in [0.05, 0.1) is 22.6 Å². The van der Waals surface area contributed by atoms with Crippen LogP contribution in [0.4, 0.5) is 0 Å². The maximum absolute atomic E-state index is 13.5. The molecular weight excluding hydrogens is 396 g/mol. The van der Waals surface area contributed by atoms with Crippen molar-refractivity contribution in [2.45, 2.75) is 42.8 Å². The van der Waals surface area contributed by atoms with Gasteiger partial charge in [-0.1, -0.05) is 23.7 Å². The van der Waals surface area contributed by atoms with Gasteiger partial charge in [-0.15, -0.1) is 0 Å². The largest absolute Gasteiger partial charge is 0.392 e. The zero-order chi connectivity index (χ0) is 19.9. The number of hydrogen-bond donors (Lipinski definition) is 1. The molecule has 7 heteroatoms. The Morgan fingerprint density at radius 2 is 1.79 bits per heavy atom. The molecule has 2 saturated carbocycles. The van der Waals surface area contributed by atoms with Crippen LogP contribution < -0.4 is 0 Å². The molecule has 4 unspecified atom stereocenters. The Balaban J connectivity index is 1.70. The summed E-state index contributed by atoms with van der Waals surface area (Å²) in [6.45, 7) is 0.206. The Labute approximate surface area is 170 Å². The maximum Gasteiger partial charge on any atom is 0.243 e. The molecule has 4 rings (SSSR count). The van der Waals surface area contributed by atoms with Crippen molar-refractivity contribution in [2.24, 2.45) is 11.8 Å². The first kappa shape index (κ1) is 19.4. The fourth-order valence-electron chi connectivity index (χ4n) is 4.58. The summed E-state index contributed by atoms with van der Waals surface area (Å²) in [6.07, 6.45) is 2.04. The van der Waals surface area contributed by atoms with Crippen molar-refractivity contribution in [3.05, 3.63) is 64.7 Å². The fraction of sp³-hybridized carbons (Fsp3) is 0.381. The van der Waals surface area contributed by atoms with E-state index in [2.05, 4.69) is 6.07 Å². The van der Waals surface area contributed by atoms with Crippen LogP contribution in [0, 0.1) is 23.2 Å². The number of hydrogen-bond acceptors (Lipinski definition) is 4. The average molecular weight is 417 g/mol. The van der Waals surface area contributed by atoms with E-state index in [9.17, 15) is 13.5 Å². The highest BCUT2D eigenvalue weighted by atomic mass is 35.5. The first-order valence-corrected chi connectivity index (χ1v) is 11.2. The van der Waals surface area contributed by atoms with Crippen molar-refractivity contribution in [1.82, 2.24) is 4.31 Å². The van der Waals surface area contributed by atoms with Crippen LogP contribution in [0.25, 0.3) is 0 Å². The third-order valence-corrected chi connectivity index (χ3v) is 8.18. The second-order valence-corrected chi connectivity index (χ2v) is 9.93. The van der Waals surface area contributed by atoms with E-state index in [-0.39, 0.29) is 29.3 Å². The quantitative estimate of drug-likeness (QED) is 0.807. The second-order valence-electron chi connectivity index (χ2n) is 7.61. The summed E-state index contributed by atoms with van der Waals surface area (Å²) < 4.78 is 28.5. The molecule has 4 atom stereocenters. The Hall–Kier alpha value is -1.91. The van der Waals surface area contributed by atoms with Crippen molar-refractivity contribution in [2.75, 3.05) is 0 Å². The number of aliphatic hydroxyl groups excluding tert-OH is 1. The molecule has 28 heavy (non-hydrogen) atoms. The standard InChI is InChI=1S/C21H21ClN2O3S/c22-17-6-8-18(9-7-17)28(26,27)24(13-15-3-1-14(12-23)2-4-15)20-11-16-5-10-19(20)21(16)25/h1-4,6-9,16,19-21,25H,5,10-11,13H2. The first-order chi connectivity index (χ1) is 13.4. The van der Waals surface area contributed by atoms with Gasteiger partial charge in [-0.05, 0) is 67.1 Å². The molecule has 0 spiro atoms. The van der Waals surface area contributed by atoms with Crippen molar-refractivity contribution < 1.29 is 13.5 Å². The van der Waals surface area contributed by atoms with Gasteiger partial charge in [0.2, 0.25) is 10.0 Å². The average Bonchev–Trinajstić information content (AvgIpc) is 3.21. The summed E-state index contributed by atoms with van der Waals surface area (Å²) in [5.41, 5.74) is 1.35. The Kier molecular flexibility index (Phi) is 5.19. The highest BCUT2D eigenvalue weighted by Crippen LogP contribution is 2.48. The number of rotatable bonds is 5. The monoisotopic (exact) mass is 416 g/mol. The van der Waals surface area contributed by atoms with E-state index in [4.69, 9.17) is 16.9 Å². The van der Waals surface area contributed by atoms with E-state index in [1.54, 1.807) is 36.4 Å².